The summed E-state index contributed by atoms with van der Waals surface area (Å²) in [5.41, 5.74) is 1.17. The van der Waals surface area contributed by atoms with E-state index in [1.54, 1.807) is 49.6 Å². The highest BCUT2D eigenvalue weighted by atomic mass is 16.5. The van der Waals surface area contributed by atoms with Crippen molar-refractivity contribution in [2.24, 2.45) is 0 Å². The predicted molar refractivity (Wildman–Crippen MR) is 103 cm³/mol. The number of nitrogens with one attached hydrogen (secondary N) is 1. The number of ketones is 1. The number of ether oxygens (including phenoxy) is 3. The topological polar surface area (TPSA) is 111 Å². The molecule has 0 bridgehead atoms. The van der Waals surface area contributed by atoms with Crippen molar-refractivity contribution < 1.29 is 33.7 Å². The fourth-order valence-electron chi connectivity index (χ4n) is 2.60. The van der Waals surface area contributed by atoms with E-state index in [9.17, 15) is 14.4 Å². The van der Waals surface area contributed by atoms with E-state index in [1.807, 2.05) is 0 Å². The minimum atomic E-state index is -1.14. The smallest absolute Gasteiger partial charge is 0.325 e. The zero-order chi connectivity index (χ0) is 21.0. The Hall–Kier alpha value is -3.81. The van der Waals surface area contributed by atoms with Gasteiger partial charge in [-0.3, -0.25) is 14.4 Å². The summed E-state index contributed by atoms with van der Waals surface area (Å²) in [6.45, 7) is 0.991. The summed E-state index contributed by atoms with van der Waals surface area (Å²) in [5, 5.41) is 11.1. The summed E-state index contributed by atoms with van der Waals surface area (Å²) in [7, 11) is 1.57. The van der Waals surface area contributed by atoms with Gasteiger partial charge >= 0.3 is 5.97 Å². The van der Waals surface area contributed by atoms with Crippen molar-refractivity contribution in [3.63, 3.8) is 0 Å². The number of fused-ring (bicyclic) bond motifs is 1. The van der Waals surface area contributed by atoms with Crippen LogP contribution >= 0.6 is 0 Å². The van der Waals surface area contributed by atoms with Gasteiger partial charge in [0, 0.05) is 6.07 Å². The van der Waals surface area contributed by atoms with Gasteiger partial charge < -0.3 is 24.6 Å². The van der Waals surface area contributed by atoms with E-state index in [-0.39, 0.29) is 18.1 Å². The molecule has 2 aromatic rings. The molecule has 0 saturated carbocycles. The number of carboxylic acids is 1. The predicted octanol–water partition coefficient (Wildman–Crippen LogP) is 2.28. The lowest BCUT2D eigenvalue weighted by Crippen LogP contribution is -2.40. The van der Waals surface area contributed by atoms with Gasteiger partial charge in [-0.15, -0.1) is 0 Å². The first-order valence-electron chi connectivity index (χ1n) is 8.74. The molecule has 0 spiro atoms. The minimum Gasteiger partial charge on any atom is -0.497 e. The monoisotopic (exact) mass is 397 g/mol. The average Bonchev–Trinajstić information content (AvgIpc) is 3.01. The summed E-state index contributed by atoms with van der Waals surface area (Å²) in [5.74, 6) is -0.438. The van der Waals surface area contributed by atoms with Crippen LogP contribution in [-0.2, 0) is 9.59 Å². The summed E-state index contributed by atoms with van der Waals surface area (Å²) in [6, 6.07) is 10.8. The standard InChI is InChI=1S/C21H19NO7/c1-12(21(25)26)22-19(23)11-28-15-7-8-16-17(10-15)29-18(20(16)24)9-13-3-5-14(27-2)6-4-13/h3-10,12H,11H2,1-2H3,(H,22,23)(H,25,26). The molecule has 8 heteroatoms. The lowest BCUT2D eigenvalue weighted by molar-refractivity contribution is -0.141. The molecule has 0 saturated heterocycles. The van der Waals surface area contributed by atoms with Crippen LogP contribution in [0.1, 0.15) is 22.8 Å². The molecule has 8 nitrogen and oxygen atoms in total. The molecule has 1 aliphatic rings. The molecule has 1 aliphatic heterocycles. The molecule has 1 heterocycles. The van der Waals surface area contributed by atoms with Crippen molar-refractivity contribution in [2.45, 2.75) is 13.0 Å². The van der Waals surface area contributed by atoms with Crippen molar-refractivity contribution in [1.82, 2.24) is 5.32 Å². The second kappa shape index (κ2) is 8.47. The largest absolute Gasteiger partial charge is 0.497 e. The van der Waals surface area contributed by atoms with Crippen LogP contribution < -0.4 is 19.5 Å². The number of carbonyl (C=O) groups is 3. The van der Waals surface area contributed by atoms with Crippen LogP contribution in [0.2, 0.25) is 0 Å². The molecule has 0 radical (unpaired) electrons. The first-order chi connectivity index (χ1) is 13.9. The van der Waals surface area contributed by atoms with Crippen LogP contribution in [-0.4, -0.2) is 42.5 Å². The van der Waals surface area contributed by atoms with E-state index in [4.69, 9.17) is 19.3 Å². The molecule has 150 valence electrons. The van der Waals surface area contributed by atoms with Crippen LogP contribution in [0.3, 0.4) is 0 Å². The fraction of sp³-hybridized carbons (Fsp3) is 0.190. The Labute approximate surface area is 166 Å². The van der Waals surface area contributed by atoms with Gasteiger partial charge in [-0.05, 0) is 42.8 Å². The van der Waals surface area contributed by atoms with Crippen LogP contribution in [0.25, 0.3) is 6.08 Å². The molecule has 0 aromatic heterocycles. The Bertz CT molecular complexity index is 979. The van der Waals surface area contributed by atoms with Crippen molar-refractivity contribution in [1.29, 1.82) is 0 Å². The van der Waals surface area contributed by atoms with E-state index in [2.05, 4.69) is 5.32 Å². The number of hydrogen-bond donors (Lipinski definition) is 2. The van der Waals surface area contributed by atoms with Crippen LogP contribution in [0.4, 0.5) is 0 Å². The maximum absolute atomic E-state index is 12.5. The summed E-state index contributed by atoms with van der Waals surface area (Å²) in [6.07, 6.45) is 1.63. The Balaban J connectivity index is 1.66. The van der Waals surface area contributed by atoms with Gasteiger partial charge in [-0.1, -0.05) is 12.1 Å². The zero-order valence-corrected chi connectivity index (χ0v) is 15.8. The summed E-state index contributed by atoms with van der Waals surface area (Å²) >= 11 is 0. The van der Waals surface area contributed by atoms with Gasteiger partial charge in [0.2, 0.25) is 5.78 Å². The normalized spacial score (nSPS) is 14.7. The lowest BCUT2D eigenvalue weighted by Gasteiger charge is -2.10. The Morgan fingerprint density at radius 3 is 2.52 bits per heavy atom. The third kappa shape index (κ3) is 4.73. The van der Waals surface area contributed by atoms with Crippen LogP contribution in [0.15, 0.2) is 48.2 Å². The van der Waals surface area contributed by atoms with Crippen molar-refractivity contribution >= 4 is 23.7 Å². The van der Waals surface area contributed by atoms with E-state index in [0.29, 0.717) is 22.8 Å². The highest BCUT2D eigenvalue weighted by molar-refractivity contribution is 6.14. The van der Waals surface area contributed by atoms with Crippen molar-refractivity contribution in [3.05, 3.63) is 59.4 Å². The summed E-state index contributed by atoms with van der Waals surface area (Å²) in [4.78, 5) is 35.0. The van der Waals surface area contributed by atoms with Crippen LogP contribution in [0, 0.1) is 0 Å². The number of methoxy groups -OCH3 is 1. The lowest BCUT2D eigenvalue weighted by atomic mass is 10.1. The molecule has 0 aliphatic carbocycles. The second-order valence-corrected chi connectivity index (χ2v) is 6.29. The third-order valence-electron chi connectivity index (χ3n) is 4.17. The quantitative estimate of drug-likeness (QED) is 0.690. The Morgan fingerprint density at radius 2 is 1.86 bits per heavy atom. The molecule has 2 N–H and O–H groups in total. The number of benzene rings is 2. The summed E-state index contributed by atoms with van der Waals surface area (Å²) < 4.78 is 16.1. The maximum atomic E-state index is 12.5. The number of aliphatic carboxylic acids is 1. The zero-order valence-electron chi connectivity index (χ0n) is 15.8. The number of carboxylic acid groups (broad SMARTS) is 1. The Kier molecular flexibility index (Phi) is 5.82. The van der Waals surface area contributed by atoms with Crippen LogP contribution in [0.5, 0.6) is 17.2 Å². The molecular formula is C21H19NO7. The molecule has 1 unspecified atom stereocenters. The van der Waals surface area contributed by atoms with Gasteiger partial charge in [-0.25, -0.2) is 0 Å². The maximum Gasteiger partial charge on any atom is 0.325 e. The second-order valence-electron chi connectivity index (χ2n) is 6.29. The third-order valence-corrected chi connectivity index (χ3v) is 4.17. The highest BCUT2D eigenvalue weighted by Crippen LogP contribution is 2.35. The highest BCUT2D eigenvalue weighted by Gasteiger charge is 2.27. The van der Waals surface area contributed by atoms with Crippen molar-refractivity contribution in [3.8, 4) is 17.2 Å². The van der Waals surface area contributed by atoms with Crippen molar-refractivity contribution in [2.75, 3.05) is 13.7 Å². The number of carbonyl (C=O) groups excluding carboxylic acids is 2. The number of allylic oxidation sites excluding steroid dienone is 1. The molecule has 1 atom stereocenters. The molecule has 29 heavy (non-hydrogen) atoms. The Morgan fingerprint density at radius 1 is 1.17 bits per heavy atom. The molecule has 3 rings (SSSR count). The average molecular weight is 397 g/mol. The number of Topliss-reactive ketones (excluding diaryl/α,β-unsaturated/α-hetero) is 1. The SMILES string of the molecule is COc1ccc(C=C2Oc3cc(OCC(=O)NC(C)C(=O)O)ccc3C2=O)cc1. The first kappa shape index (κ1) is 19.9. The molecule has 2 aromatic carbocycles. The number of hydrogen-bond acceptors (Lipinski definition) is 6. The fourth-order valence-corrected chi connectivity index (χ4v) is 2.60. The minimum absolute atomic E-state index is 0.176. The molecule has 0 fully saturated rings. The molecular weight excluding hydrogens is 378 g/mol. The first-order valence-corrected chi connectivity index (χ1v) is 8.74. The van der Waals surface area contributed by atoms with E-state index in [0.717, 1.165) is 5.56 Å². The van der Waals surface area contributed by atoms with Gasteiger partial charge in [-0.2, -0.15) is 0 Å². The van der Waals surface area contributed by atoms with Gasteiger partial charge in [0.25, 0.3) is 5.91 Å². The molecule has 1 amide bonds. The number of amides is 1. The van der Waals surface area contributed by atoms with E-state index < -0.39 is 17.9 Å². The van der Waals surface area contributed by atoms with E-state index >= 15 is 0 Å². The van der Waals surface area contributed by atoms with Gasteiger partial charge in [0.05, 0.1) is 12.7 Å². The number of rotatable bonds is 7. The van der Waals surface area contributed by atoms with E-state index in [1.165, 1.54) is 13.0 Å². The van der Waals surface area contributed by atoms with Gasteiger partial charge in [0.1, 0.15) is 23.3 Å². The van der Waals surface area contributed by atoms with Gasteiger partial charge in [0.15, 0.2) is 12.4 Å².